The molecule has 240 valence electrons. The number of imidazole rings is 1. The number of sulfone groups is 1. The number of rotatable bonds is 10. The van der Waals surface area contributed by atoms with Crippen LogP contribution in [0.2, 0.25) is 0 Å². The Bertz CT molecular complexity index is 1800. The largest absolute Gasteiger partial charge is 0.375 e. The van der Waals surface area contributed by atoms with Gasteiger partial charge < -0.3 is 21.1 Å². The standard InChI is InChI=1S/C31H37F2N7O4S/c1-17(2)37-30(41)22-6-7-23(32)27(28(22)33)25-8-5-20-15-36-31(40(20)39-25)38-26-16-35-10-9-21(26)19-13-18(3)29(24(34)14-19)44-11-12-45(4,42)43/h5-10,15-19,24,29H,11-14,34H2,1-4H3,(H,36,38)(H,37,41). The van der Waals surface area contributed by atoms with Gasteiger partial charge in [-0.2, -0.15) is 9.61 Å². The van der Waals surface area contributed by atoms with Crippen LogP contribution in [0.5, 0.6) is 0 Å². The Labute approximate surface area is 260 Å². The number of amides is 1. The zero-order valence-corrected chi connectivity index (χ0v) is 26.3. The lowest BCUT2D eigenvalue weighted by molar-refractivity contribution is -0.0152. The molecule has 1 saturated carbocycles. The number of pyridine rings is 1. The molecule has 1 aliphatic carbocycles. The van der Waals surface area contributed by atoms with Crippen LogP contribution in [0.15, 0.2) is 48.9 Å². The molecule has 11 nitrogen and oxygen atoms in total. The number of halogens is 2. The summed E-state index contributed by atoms with van der Waals surface area (Å²) in [6, 6.07) is 6.64. The van der Waals surface area contributed by atoms with E-state index in [0.717, 1.165) is 24.1 Å². The van der Waals surface area contributed by atoms with Crippen molar-refractivity contribution in [2.45, 2.75) is 57.7 Å². The first kappa shape index (κ1) is 32.4. The normalized spacial score (nSPS) is 20.4. The van der Waals surface area contributed by atoms with Crippen LogP contribution in [0.1, 0.15) is 55.5 Å². The van der Waals surface area contributed by atoms with Crippen LogP contribution in [0, 0.1) is 17.6 Å². The Morgan fingerprint density at radius 1 is 1.16 bits per heavy atom. The molecule has 0 saturated heterocycles. The summed E-state index contributed by atoms with van der Waals surface area (Å²) in [6.45, 7) is 5.63. The van der Waals surface area contributed by atoms with Crippen LogP contribution < -0.4 is 16.4 Å². The lowest BCUT2D eigenvalue weighted by Crippen LogP contribution is -2.47. The zero-order valence-electron chi connectivity index (χ0n) is 25.5. The van der Waals surface area contributed by atoms with E-state index in [1.807, 2.05) is 13.0 Å². The van der Waals surface area contributed by atoms with E-state index in [1.54, 1.807) is 38.5 Å². The summed E-state index contributed by atoms with van der Waals surface area (Å²) in [5.74, 6) is -2.16. The molecular formula is C31H37F2N7O4S. The summed E-state index contributed by atoms with van der Waals surface area (Å²) < 4.78 is 60.9. The third-order valence-corrected chi connectivity index (χ3v) is 8.81. The third-order valence-electron chi connectivity index (χ3n) is 7.90. The number of hydrogen-bond acceptors (Lipinski definition) is 9. The first-order chi connectivity index (χ1) is 21.3. The van der Waals surface area contributed by atoms with Gasteiger partial charge in [0.15, 0.2) is 0 Å². The van der Waals surface area contributed by atoms with Crippen molar-refractivity contribution in [3.8, 4) is 11.3 Å². The minimum absolute atomic E-state index is 0.0156. The fourth-order valence-electron chi connectivity index (χ4n) is 5.83. The Hall–Kier alpha value is -4.01. The second-order valence-corrected chi connectivity index (χ2v) is 14.2. The summed E-state index contributed by atoms with van der Waals surface area (Å²) in [5.41, 5.74) is 8.01. The van der Waals surface area contributed by atoms with Gasteiger partial charge in [-0.3, -0.25) is 9.78 Å². The maximum absolute atomic E-state index is 15.5. The van der Waals surface area contributed by atoms with Crippen LogP contribution in [0.4, 0.5) is 20.4 Å². The van der Waals surface area contributed by atoms with E-state index in [2.05, 4.69) is 25.7 Å². The molecule has 1 aliphatic rings. The number of ether oxygens (including phenoxy) is 1. The molecule has 4 N–H and O–H groups in total. The number of benzene rings is 1. The van der Waals surface area contributed by atoms with Crippen molar-refractivity contribution in [1.82, 2.24) is 24.9 Å². The molecule has 4 atom stereocenters. The molecular weight excluding hydrogens is 604 g/mol. The first-order valence-corrected chi connectivity index (χ1v) is 16.8. The highest BCUT2D eigenvalue weighted by atomic mass is 32.2. The summed E-state index contributed by atoms with van der Waals surface area (Å²) in [4.78, 5) is 21.3. The Kier molecular flexibility index (Phi) is 9.46. The molecule has 0 spiro atoms. The van der Waals surface area contributed by atoms with Crippen molar-refractivity contribution in [2.24, 2.45) is 11.7 Å². The topological polar surface area (TPSA) is 154 Å². The predicted molar refractivity (Wildman–Crippen MR) is 167 cm³/mol. The van der Waals surface area contributed by atoms with Crippen molar-refractivity contribution in [2.75, 3.05) is 23.9 Å². The second-order valence-electron chi connectivity index (χ2n) is 11.9. The van der Waals surface area contributed by atoms with Gasteiger partial charge in [-0.1, -0.05) is 6.92 Å². The fraction of sp³-hybridized carbons (Fsp3) is 0.419. The number of carbonyl (C=O) groups is 1. The van der Waals surface area contributed by atoms with Gasteiger partial charge in [0.25, 0.3) is 5.91 Å². The van der Waals surface area contributed by atoms with Crippen LogP contribution in [-0.2, 0) is 14.6 Å². The van der Waals surface area contributed by atoms with Gasteiger partial charge in [-0.05, 0) is 74.4 Å². The van der Waals surface area contributed by atoms with Crippen molar-refractivity contribution in [3.63, 3.8) is 0 Å². The van der Waals surface area contributed by atoms with Crippen LogP contribution in [0.3, 0.4) is 0 Å². The average Bonchev–Trinajstić information content (AvgIpc) is 3.35. The molecule has 1 fully saturated rings. The number of nitrogens with one attached hydrogen (secondary N) is 2. The van der Waals surface area contributed by atoms with Gasteiger partial charge in [-0.25, -0.2) is 22.2 Å². The molecule has 0 bridgehead atoms. The zero-order chi connectivity index (χ0) is 32.5. The summed E-state index contributed by atoms with van der Waals surface area (Å²) in [5, 5.41) is 10.4. The first-order valence-electron chi connectivity index (χ1n) is 14.7. The number of nitrogens with two attached hydrogens (primary N) is 1. The van der Waals surface area contributed by atoms with Gasteiger partial charge in [0.2, 0.25) is 5.95 Å². The molecule has 4 unspecified atom stereocenters. The monoisotopic (exact) mass is 641 g/mol. The Morgan fingerprint density at radius 2 is 1.93 bits per heavy atom. The minimum Gasteiger partial charge on any atom is -0.375 e. The predicted octanol–water partition coefficient (Wildman–Crippen LogP) is 4.22. The van der Waals surface area contributed by atoms with Gasteiger partial charge >= 0.3 is 0 Å². The Balaban J connectivity index is 1.41. The lowest BCUT2D eigenvalue weighted by atomic mass is 9.74. The van der Waals surface area contributed by atoms with E-state index in [0.29, 0.717) is 23.6 Å². The highest BCUT2D eigenvalue weighted by Gasteiger charge is 2.36. The highest BCUT2D eigenvalue weighted by molar-refractivity contribution is 7.90. The molecule has 4 aromatic rings. The van der Waals surface area contributed by atoms with Gasteiger partial charge in [0.05, 0.1) is 58.9 Å². The van der Waals surface area contributed by atoms with Crippen LogP contribution in [0.25, 0.3) is 16.8 Å². The molecule has 3 aromatic heterocycles. The fourth-order valence-corrected chi connectivity index (χ4v) is 6.23. The maximum atomic E-state index is 15.5. The van der Waals surface area contributed by atoms with Crippen molar-refractivity contribution < 1.29 is 26.7 Å². The van der Waals surface area contributed by atoms with Crippen molar-refractivity contribution in [3.05, 3.63) is 71.7 Å². The molecule has 1 aromatic carbocycles. The van der Waals surface area contributed by atoms with Crippen molar-refractivity contribution in [1.29, 1.82) is 0 Å². The van der Waals surface area contributed by atoms with E-state index >= 15 is 4.39 Å². The number of anilines is 2. The van der Waals surface area contributed by atoms with E-state index in [-0.39, 0.29) is 53.6 Å². The second kappa shape index (κ2) is 13.2. The molecule has 3 heterocycles. The number of hydrogen-bond donors (Lipinski definition) is 3. The minimum atomic E-state index is -3.14. The number of nitrogens with zero attached hydrogens (tertiary/aromatic N) is 4. The summed E-state index contributed by atoms with van der Waals surface area (Å²) in [6.07, 6.45) is 7.20. The van der Waals surface area contributed by atoms with E-state index in [4.69, 9.17) is 10.5 Å². The van der Waals surface area contributed by atoms with Gasteiger partial charge in [0.1, 0.15) is 21.5 Å². The van der Waals surface area contributed by atoms with Crippen LogP contribution >= 0.6 is 0 Å². The van der Waals surface area contributed by atoms with E-state index < -0.39 is 32.9 Å². The number of carbonyl (C=O) groups excluding carboxylic acids is 1. The summed E-state index contributed by atoms with van der Waals surface area (Å²) in [7, 11) is -3.14. The third kappa shape index (κ3) is 7.29. The molecule has 14 heteroatoms. The van der Waals surface area contributed by atoms with E-state index in [1.165, 1.54) is 16.8 Å². The lowest BCUT2D eigenvalue weighted by Gasteiger charge is -2.39. The number of fused-ring (bicyclic) bond motifs is 1. The highest BCUT2D eigenvalue weighted by Crippen LogP contribution is 2.40. The quantitative estimate of drug-likeness (QED) is 0.231. The van der Waals surface area contributed by atoms with Crippen molar-refractivity contribution >= 4 is 32.9 Å². The molecule has 0 radical (unpaired) electrons. The van der Waals surface area contributed by atoms with Gasteiger partial charge in [0, 0.05) is 24.5 Å². The molecule has 0 aliphatic heterocycles. The maximum Gasteiger partial charge on any atom is 0.254 e. The Morgan fingerprint density at radius 3 is 2.64 bits per heavy atom. The number of aromatic nitrogens is 4. The average molecular weight is 642 g/mol. The SMILES string of the molecule is CC(C)NC(=O)c1ccc(F)c(-c2ccc3cnc(Nc4cnccc4C4CC(C)C(OCCS(C)(=O)=O)C(N)C4)n3n2)c1F. The summed E-state index contributed by atoms with van der Waals surface area (Å²) >= 11 is 0. The smallest absolute Gasteiger partial charge is 0.254 e. The van der Waals surface area contributed by atoms with E-state index in [9.17, 15) is 17.6 Å². The molecule has 5 rings (SSSR count). The molecule has 45 heavy (non-hydrogen) atoms. The molecule has 1 amide bonds. The van der Waals surface area contributed by atoms with Gasteiger partial charge in [-0.15, -0.1) is 0 Å². The van der Waals surface area contributed by atoms with Crippen LogP contribution in [-0.4, -0.2) is 70.7 Å².